The van der Waals surface area contributed by atoms with Crippen LogP contribution >= 0.6 is 0 Å². The molecule has 8 fully saturated rings. The SMILES string of the molecule is CO[C@@H]1[C@@H](OC(C)=O)[C@H](O[C@H]2[C@@H](OC)C[C@H](O[C@H]3CC[C@@]4(C)[C@@H](CC[C@]5(O)[C@@H]4C[C@@H](OC(C)=O)[C@@]4(C)[C@]5(O)CC[C@@]4(O)[C@H](C)OC(=O)c4ccccc4)C3)O[C@@H]2C)O[C@H](C)[C@H]1O[C@@H]1O[C@H](CO[C@@H]2O[C@H](CO)[C@@H](O)[C@H](O)[C@H]2O)[C@@H](O)[C@H](O)[C@H]1O. The number of aliphatic hydroxyl groups is 10. The van der Waals surface area contributed by atoms with E-state index < -0.39 is 194 Å². The van der Waals surface area contributed by atoms with Gasteiger partial charge in [-0.15, -0.1) is 0 Å². The first-order chi connectivity index (χ1) is 39.6. The first kappa shape index (κ1) is 65.3. The number of carbonyl (C=O) groups is 3. The lowest BCUT2D eigenvalue weighted by atomic mass is 9.40. The molecule has 26 nitrogen and oxygen atoms in total. The van der Waals surface area contributed by atoms with Crippen LogP contribution in [0.3, 0.4) is 0 Å². The van der Waals surface area contributed by atoms with Gasteiger partial charge in [0.25, 0.3) is 0 Å². The smallest absolute Gasteiger partial charge is 0.338 e. The fraction of sp³-hybridized carbons (Fsp3) is 0.845. The molecule has 4 aliphatic carbocycles. The maximum atomic E-state index is 13.3. The monoisotopic (exact) mass is 1200 g/mol. The number of methoxy groups -OCH3 is 2. The van der Waals surface area contributed by atoms with Crippen molar-refractivity contribution in [3.8, 4) is 0 Å². The summed E-state index contributed by atoms with van der Waals surface area (Å²) in [4.78, 5) is 39.0. The van der Waals surface area contributed by atoms with Gasteiger partial charge in [0.2, 0.25) is 0 Å². The lowest BCUT2D eigenvalue weighted by Crippen LogP contribution is -2.79. The number of fused-ring (bicyclic) bond motifs is 5. The Bertz CT molecular complexity index is 2420. The van der Waals surface area contributed by atoms with E-state index in [0.717, 1.165) is 0 Å². The second-order valence-electron chi connectivity index (χ2n) is 25.0. The van der Waals surface area contributed by atoms with Gasteiger partial charge in [0.15, 0.2) is 31.3 Å². The Morgan fingerprint density at radius 2 is 1.29 bits per heavy atom. The third-order valence-corrected chi connectivity index (χ3v) is 20.5. The summed E-state index contributed by atoms with van der Waals surface area (Å²) >= 11 is 0. The quantitative estimate of drug-likeness (QED) is 0.0529. The van der Waals surface area contributed by atoms with Gasteiger partial charge in [0.05, 0.1) is 54.2 Å². The van der Waals surface area contributed by atoms with E-state index in [1.807, 2.05) is 0 Å². The number of esters is 3. The number of ether oxygens (including phenoxy) is 13. The molecular weight excluding hydrogens is 1110 g/mol. The van der Waals surface area contributed by atoms with Crippen molar-refractivity contribution >= 4 is 17.9 Å². The van der Waals surface area contributed by atoms with Crippen molar-refractivity contribution < 1.29 is 127 Å². The predicted molar refractivity (Wildman–Crippen MR) is 283 cm³/mol. The molecule has 0 aromatic heterocycles. The second-order valence-corrected chi connectivity index (χ2v) is 25.0. The number of rotatable bonds is 17. The van der Waals surface area contributed by atoms with E-state index in [1.165, 1.54) is 28.1 Å². The highest BCUT2D eigenvalue weighted by atomic mass is 16.8. The van der Waals surface area contributed by atoms with Crippen molar-refractivity contribution in [2.24, 2.45) is 22.7 Å². The predicted octanol–water partition coefficient (Wildman–Crippen LogP) is -0.602. The van der Waals surface area contributed by atoms with Gasteiger partial charge in [-0.25, -0.2) is 4.79 Å². The van der Waals surface area contributed by atoms with Gasteiger partial charge in [-0.05, 0) is 102 Å². The Morgan fingerprint density at radius 3 is 1.93 bits per heavy atom. The number of benzene rings is 1. The third kappa shape index (κ3) is 11.5. The zero-order chi connectivity index (χ0) is 61.2. The second kappa shape index (κ2) is 25.4. The average molecular weight is 1200 g/mol. The van der Waals surface area contributed by atoms with Crippen LogP contribution in [0.15, 0.2) is 30.3 Å². The van der Waals surface area contributed by atoms with Crippen LogP contribution in [0, 0.1) is 22.7 Å². The zero-order valence-electron chi connectivity index (χ0n) is 49.0. The molecule has 26 heteroatoms. The maximum Gasteiger partial charge on any atom is 0.338 e. The highest BCUT2D eigenvalue weighted by Crippen LogP contribution is 2.72. The van der Waals surface area contributed by atoms with Crippen LogP contribution in [0.5, 0.6) is 0 Å². The Kier molecular flexibility index (Phi) is 19.7. The van der Waals surface area contributed by atoms with Gasteiger partial charge >= 0.3 is 17.9 Å². The molecule has 1 aromatic rings. The van der Waals surface area contributed by atoms with Crippen molar-refractivity contribution in [2.45, 2.75) is 258 Å². The molecule has 0 amide bonds. The van der Waals surface area contributed by atoms with Crippen LogP contribution in [-0.4, -0.2) is 248 Å². The Morgan fingerprint density at radius 1 is 0.655 bits per heavy atom. The maximum absolute atomic E-state index is 13.3. The Balaban J connectivity index is 0.838. The molecule has 8 aliphatic rings. The molecule has 10 N–H and O–H groups in total. The van der Waals surface area contributed by atoms with Crippen molar-refractivity contribution in [1.29, 1.82) is 0 Å². The summed E-state index contributed by atoms with van der Waals surface area (Å²) in [6, 6.07) is 8.35. The summed E-state index contributed by atoms with van der Waals surface area (Å²) in [5, 5.41) is 113. The van der Waals surface area contributed by atoms with Crippen molar-refractivity contribution in [2.75, 3.05) is 27.4 Å². The third-order valence-electron chi connectivity index (χ3n) is 20.5. The van der Waals surface area contributed by atoms with Gasteiger partial charge in [0, 0.05) is 34.5 Å². The van der Waals surface area contributed by atoms with Crippen molar-refractivity contribution in [3.63, 3.8) is 0 Å². The molecule has 1 aromatic carbocycles. The standard InChI is InChI=1S/C58H88O26/c1-26-46(83-53-49(79-30(5)61)48(73-9)47(27(2)76-53)84-52-45(67)43(65)41(63)36(82-52)25-74-51-44(66)42(64)40(62)35(24-59)81-51)34(72-8)22-39(75-26)80-33-16-17-54(6)32(21-33)15-18-57(70)37(54)23-38(78-29(4)60)55(7)56(69,19-20-58(55,57)71)28(3)77-50(68)31-13-11-10-12-14-31/h10-14,26-28,32-49,51-53,59,62-67,69-71H,15-25H2,1-9H3/t26-,27-,28+,32+,33+,34+,35-,36-,37-,38-,39+,40-,41-,42+,43+,44-,45-,46-,47-,48+,49-,51-,52+,53+,54+,55-,56-,57+,58-/m1/s1. The van der Waals surface area contributed by atoms with E-state index in [4.69, 9.17) is 61.6 Å². The van der Waals surface area contributed by atoms with Crippen LogP contribution in [-0.2, 0) is 71.2 Å². The minimum atomic E-state index is -1.96. The molecule has 0 radical (unpaired) electrons. The number of hydrogen-bond acceptors (Lipinski definition) is 26. The van der Waals surface area contributed by atoms with E-state index in [0.29, 0.717) is 25.7 Å². The van der Waals surface area contributed by atoms with E-state index >= 15 is 0 Å². The van der Waals surface area contributed by atoms with Gasteiger partial charge in [-0.3, -0.25) is 9.59 Å². The van der Waals surface area contributed by atoms with Gasteiger partial charge < -0.3 is 113 Å². The highest BCUT2D eigenvalue weighted by molar-refractivity contribution is 5.89. The summed E-state index contributed by atoms with van der Waals surface area (Å²) < 4.78 is 79.0. The van der Waals surface area contributed by atoms with Crippen LogP contribution < -0.4 is 0 Å². The Hall–Kier alpha value is -3.17. The number of aliphatic hydroxyl groups excluding tert-OH is 7. The molecule has 4 heterocycles. The molecule has 9 rings (SSSR count). The van der Waals surface area contributed by atoms with Crippen molar-refractivity contribution in [3.05, 3.63) is 35.9 Å². The molecule has 4 aliphatic heterocycles. The summed E-state index contributed by atoms with van der Waals surface area (Å²) in [7, 11) is 2.84. The first-order valence-corrected chi connectivity index (χ1v) is 29.3. The Labute approximate surface area is 487 Å². The van der Waals surface area contributed by atoms with Crippen LogP contribution in [0.25, 0.3) is 0 Å². The molecule has 476 valence electrons. The first-order valence-electron chi connectivity index (χ1n) is 29.3. The molecular formula is C58H88O26. The average Bonchev–Trinajstić information content (AvgIpc) is 1.37. The molecule has 84 heavy (non-hydrogen) atoms. The van der Waals surface area contributed by atoms with Crippen molar-refractivity contribution in [1.82, 2.24) is 0 Å². The molecule has 4 saturated heterocycles. The molecule has 4 saturated carbocycles. The molecule has 0 bridgehead atoms. The normalized spacial score (nSPS) is 48.9. The minimum Gasteiger partial charge on any atom is -0.462 e. The molecule has 0 unspecified atom stereocenters. The van der Waals surface area contributed by atoms with Gasteiger partial charge in [-0.1, -0.05) is 32.0 Å². The van der Waals surface area contributed by atoms with Gasteiger partial charge in [0.1, 0.15) is 90.6 Å². The number of hydrogen-bond donors (Lipinski definition) is 10. The minimum absolute atomic E-state index is 0.0101. The molecule has 0 spiro atoms. The largest absolute Gasteiger partial charge is 0.462 e. The van der Waals surface area contributed by atoms with Crippen LogP contribution in [0.1, 0.15) is 117 Å². The molecule has 29 atom stereocenters. The van der Waals surface area contributed by atoms with Crippen LogP contribution in [0.4, 0.5) is 0 Å². The van der Waals surface area contributed by atoms with E-state index in [2.05, 4.69) is 6.92 Å². The zero-order valence-corrected chi connectivity index (χ0v) is 49.0. The number of carbonyl (C=O) groups excluding carboxylic acids is 3. The topological polar surface area (TPSA) is 374 Å². The summed E-state index contributed by atoms with van der Waals surface area (Å²) in [5.41, 5.74) is -7.53. The van der Waals surface area contributed by atoms with E-state index in [9.17, 15) is 65.4 Å². The van der Waals surface area contributed by atoms with Crippen LogP contribution in [0.2, 0.25) is 0 Å². The van der Waals surface area contributed by atoms with Gasteiger partial charge in [-0.2, -0.15) is 0 Å². The summed E-state index contributed by atoms with van der Waals surface area (Å²) in [6.45, 7) is 9.82. The lowest BCUT2D eigenvalue weighted by molar-refractivity contribution is -0.375. The summed E-state index contributed by atoms with van der Waals surface area (Å²) in [5.74, 6) is -2.59. The lowest BCUT2D eigenvalue weighted by Gasteiger charge is -2.69. The summed E-state index contributed by atoms with van der Waals surface area (Å²) in [6.07, 6.45) is -25.5. The van der Waals surface area contributed by atoms with E-state index in [1.54, 1.807) is 58.0 Å². The highest BCUT2D eigenvalue weighted by Gasteiger charge is 2.82. The fourth-order valence-corrected chi connectivity index (χ4v) is 15.7. The fourth-order valence-electron chi connectivity index (χ4n) is 15.7. The van der Waals surface area contributed by atoms with E-state index in [-0.39, 0.29) is 49.7 Å².